The quantitative estimate of drug-likeness (QED) is 0.862. The highest BCUT2D eigenvalue weighted by atomic mass is 32.2. The third-order valence-electron chi connectivity index (χ3n) is 3.64. The molecule has 0 saturated heterocycles. The molecule has 1 aromatic rings. The van der Waals surface area contributed by atoms with Gasteiger partial charge < -0.3 is 10.1 Å². The molecule has 0 fully saturated rings. The molecule has 0 atom stereocenters. The lowest BCUT2D eigenvalue weighted by molar-refractivity contribution is 0.0737. The fourth-order valence-electron chi connectivity index (χ4n) is 2.44. The van der Waals surface area contributed by atoms with Crippen LogP contribution in [0.3, 0.4) is 0 Å². The Balaban J connectivity index is 2.19. The van der Waals surface area contributed by atoms with Crippen molar-refractivity contribution >= 4 is 10.0 Å². The summed E-state index contributed by atoms with van der Waals surface area (Å²) in [6, 6.07) is 5.51. The van der Waals surface area contributed by atoms with Gasteiger partial charge in [-0.15, -0.1) is 0 Å². The first-order valence-corrected chi connectivity index (χ1v) is 8.76. The lowest BCUT2D eigenvalue weighted by atomic mass is 10.0. The molecule has 0 unspecified atom stereocenters. The van der Waals surface area contributed by atoms with Gasteiger partial charge in [-0.25, -0.2) is 8.42 Å². The Morgan fingerprint density at radius 1 is 1.38 bits per heavy atom. The minimum Gasteiger partial charge on any atom is -0.377 e. The topological polar surface area (TPSA) is 58.6 Å². The maximum absolute atomic E-state index is 12.7. The van der Waals surface area contributed by atoms with Crippen LogP contribution < -0.4 is 5.32 Å². The molecule has 0 bridgehead atoms. The fraction of sp³-hybridized carbons (Fsp3) is 0.600. The van der Waals surface area contributed by atoms with Crippen LogP contribution in [0.25, 0.3) is 0 Å². The van der Waals surface area contributed by atoms with Crippen LogP contribution in [-0.4, -0.2) is 45.6 Å². The van der Waals surface area contributed by atoms with Crippen molar-refractivity contribution in [1.82, 2.24) is 9.62 Å². The van der Waals surface area contributed by atoms with Gasteiger partial charge in [0.25, 0.3) is 0 Å². The second-order valence-corrected chi connectivity index (χ2v) is 7.58. The van der Waals surface area contributed by atoms with E-state index in [9.17, 15) is 8.42 Å². The molecule has 1 aliphatic heterocycles. The minimum absolute atomic E-state index is 0.108. The summed E-state index contributed by atoms with van der Waals surface area (Å²) in [5.74, 6) is 0. The molecule has 0 radical (unpaired) electrons. The first-order valence-electron chi connectivity index (χ1n) is 7.32. The fourth-order valence-corrected chi connectivity index (χ4v) is 3.89. The molecule has 1 heterocycles. The maximum atomic E-state index is 12.7. The van der Waals surface area contributed by atoms with Crippen LogP contribution in [0.2, 0.25) is 0 Å². The molecule has 5 nitrogen and oxygen atoms in total. The lowest BCUT2D eigenvalue weighted by Crippen LogP contribution is -2.33. The Labute approximate surface area is 127 Å². The van der Waals surface area contributed by atoms with E-state index in [0.29, 0.717) is 18.0 Å². The van der Waals surface area contributed by atoms with Gasteiger partial charge >= 0.3 is 0 Å². The highest BCUT2D eigenvalue weighted by molar-refractivity contribution is 7.89. The van der Waals surface area contributed by atoms with E-state index in [1.807, 2.05) is 26.0 Å². The molecule has 1 aliphatic rings. The summed E-state index contributed by atoms with van der Waals surface area (Å²) in [5.41, 5.74) is 2.03. The van der Waals surface area contributed by atoms with E-state index < -0.39 is 10.0 Å². The van der Waals surface area contributed by atoms with Crippen LogP contribution >= 0.6 is 0 Å². The highest BCUT2D eigenvalue weighted by Gasteiger charge is 2.26. The average molecular weight is 312 g/mol. The van der Waals surface area contributed by atoms with Crippen LogP contribution in [-0.2, 0) is 27.7 Å². The van der Waals surface area contributed by atoms with Gasteiger partial charge in [-0.1, -0.05) is 12.1 Å². The first-order chi connectivity index (χ1) is 9.93. The molecule has 118 valence electrons. The molecule has 0 aromatic heterocycles. The smallest absolute Gasteiger partial charge is 0.243 e. The monoisotopic (exact) mass is 312 g/mol. The van der Waals surface area contributed by atoms with Crippen molar-refractivity contribution in [3.63, 3.8) is 0 Å². The van der Waals surface area contributed by atoms with E-state index in [1.165, 1.54) is 4.31 Å². The van der Waals surface area contributed by atoms with Gasteiger partial charge in [-0.3, -0.25) is 0 Å². The van der Waals surface area contributed by atoms with Crippen LogP contribution in [0, 0.1) is 0 Å². The van der Waals surface area contributed by atoms with Crippen molar-refractivity contribution in [2.75, 3.05) is 26.7 Å². The van der Waals surface area contributed by atoms with E-state index in [-0.39, 0.29) is 6.10 Å². The SMILES string of the molecule is CC(C)OCCN(C)S(=O)(=O)c1cccc2c1CCNC2. The number of hydrogen-bond acceptors (Lipinski definition) is 4. The average Bonchev–Trinajstić information content (AvgIpc) is 2.46. The summed E-state index contributed by atoms with van der Waals surface area (Å²) < 4.78 is 32.3. The van der Waals surface area contributed by atoms with Crippen molar-refractivity contribution in [3.05, 3.63) is 29.3 Å². The summed E-state index contributed by atoms with van der Waals surface area (Å²) in [7, 11) is -1.84. The Kier molecular flexibility index (Phi) is 5.37. The second-order valence-electron chi connectivity index (χ2n) is 5.57. The number of hydrogen-bond donors (Lipinski definition) is 1. The van der Waals surface area contributed by atoms with Crippen molar-refractivity contribution in [2.24, 2.45) is 0 Å². The number of benzene rings is 1. The third kappa shape index (κ3) is 3.83. The first kappa shape index (κ1) is 16.4. The van der Waals surface area contributed by atoms with Gasteiger partial charge in [0.05, 0.1) is 17.6 Å². The Morgan fingerprint density at radius 2 is 2.14 bits per heavy atom. The van der Waals surface area contributed by atoms with Crippen LogP contribution in [0.4, 0.5) is 0 Å². The van der Waals surface area contributed by atoms with Crippen molar-refractivity contribution in [1.29, 1.82) is 0 Å². The summed E-state index contributed by atoms with van der Waals surface area (Å²) in [5, 5.41) is 3.27. The van der Waals surface area contributed by atoms with Crippen LogP contribution in [0.1, 0.15) is 25.0 Å². The summed E-state index contributed by atoms with van der Waals surface area (Å²) in [6.07, 6.45) is 0.859. The number of ether oxygens (including phenoxy) is 1. The molecular formula is C15H24N2O3S. The highest BCUT2D eigenvalue weighted by Crippen LogP contribution is 2.25. The van der Waals surface area contributed by atoms with Crippen molar-refractivity contribution in [2.45, 2.75) is 37.8 Å². The van der Waals surface area contributed by atoms with E-state index in [2.05, 4.69) is 5.32 Å². The molecule has 2 rings (SSSR count). The van der Waals surface area contributed by atoms with Gasteiger partial charge in [0.15, 0.2) is 0 Å². The Morgan fingerprint density at radius 3 is 2.86 bits per heavy atom. The number of likely N-dealkylation sites (N-methyl/N-ethyl adjacent to an activating group) is 1. The number of nitrogens with one attached hydrogen (secondary N) is 1. The molecular weight excluding hydrogens is 288 g/mol. The second kappa shape index (κ2) is 6.87. The number of nitrogens with zero attached hydrogens (tertiary/aromatic N) is 1. The summed E-state index contributed by atoms with van der Waals surface area (Å²) >= 11 is 0. The predicted molar refractivity (Wildman–Crippen MR) is 82.8 cm³/mol. The van der Waals surface area contributed by atoms with Gasteiger partial charge in [0, 0.05) is 20.1 Å². The zero-order valence-electron chi connectivity index (χ0n) is 12.9. The normalized spacial score (nSPS) is 15.5. The lowest BCUT2D eigenvalue weighted by Gasteiger charge is -2.23. The largest absolute Gasteiger partial charge is 0.377 e. The molecule has 0 amide bonds. The standard InChI is InChI=1S/C15H24N2O3S/c1-12(2)20-10-9-17(3)21(18,19)15-6-4-5-13-11-16-8-7-14(13)15/h4-6,12,16H,7-11H2,1-3H3. The summed E-state index contributed by atoms with van der Waals surface area (Å²) in [6.45, 7) is 6.20. The minimum atomic E-state index is -3.45. The Bertz CT molecular complexity index is 585. The number of rotatable bonds is 6. The molecule has 0 spiro atoms. The van der Waals surface area contributed by atoms with Crippen molar-refractivity contribution in [3.8, 4) is 0 Å². The van der Waals surface area contributed by atoms with E-state index in [4.69, 9.17) is 4.74 Å². The van der Waals surface area contributed by atoms with E-state index in [1.54, 1.807) is 13.1 Å². The van der Waals surface area contributed by atoms with Gasteiger partial charge in [0.1, 0.15) is 0 Å². The molecule has 21 heavy (non-hydrogen) atoms. The van der Waals surface area contributed by atoms with E-state index >= 15 is 0 Å². The van der Waals surface area contributed by atoms with E-state index in [0.717, 1.165) is 30.6 Å². The Hall–Kier alpha value is -0.950. The molecule has 0 saturated carbocycles. The predicted octanol–water partition coefficient (Wildman–Crippen LogP) is 1.38. The third-order valence-corrected chi connectivity index (χ3v) is 5.58. The molecule has 6 heteroatoms. The van der Waals surface area contributed by atoms with Gasteiger partial charge in [0.2, 0.25) is 10.0 Å². The van der Waals surface area contributed by atoms with Gasteiger partial charge in [-0.05, 0) is 44.0 Å². The van der Waals surface area contributed by atoms with Gasteiger partial charge in [-0.2, -0.15) is 4.31 Å². The molecule has 1 aromatic carbocycles. The van der Waals surface area contributed by atoms with Crippen LogP contribution in [0.5, 0.6) is 0 Å². The number of fused-ring (bicyclic) bond motifs is 1. The summed E-state index contributed by atoms with van der Waals surface area (Å²) in [4.78, 5) is 0.438. The van der Waals surface area contributed by atoms with Crippen molar-refractivity contribution < 1.29 is 13.2 Å². The maximum Gasteiger partial charge on any atom is 0.243 e. The molecule has 0 aliphatic carbocycles. The molecule has 1 N–H and O–H groups in total. The van der Waals surface area contributed by atoms with Crippen LogP contribution in [0.15, 0.2) is 23.1 Å². The zero-order valence-corrected chi connectivity index (χ0v) is 13.7. The number of sulfonamides is 1. The zero-order chi connectivity index (χ0) is 15.5.